The molecule has 0 saturated heterocycles. The third-order valence-electron chi connectivity index (χ3n) is 0.852. The zero-order chi connectivity index (χ0) is 7.82. The first-order valence-electron chi connectivity index (χ1n) is 3.23. The number of rotatable bonds is 2. The van der Waals surface area contributed by atoms with Crippen LogP contribution in [0.15, 0.2) is 12.2 Å². The lowest BCUT2D eigenvalue weighted by Crippen LogP contribution is -2.05. The van der Waals surface area contributed by atoms with Gasteiger partial charge in [-0.05, 0) is 18.4 Å². The molecule has 0 radical (unpaired) electrons. The van der Waals surface area contributed by atoms with Crippen LogP contribution in [-0.4, -0.2) is 5.91 Å². The first-order chi connectivity index (χ1) is 4.77. The summed E-state index contributed by atoms with van der Waals surface area (Å²) < 4.78 is 0. The molecule has 2 nitrogen and oxygen atoms in total. The minimum absolute atomic E-state index is 0.582. The molecule has 0 aromatic rings. The first kappa shape index (κ1) is 8.77. The van der Waals surface area contributed by atoms with Gasteiger partial charge in [0.15, 0.2) is 0 Å². The van der Waals surface area contributed by atoms with Gasteiger partial charge < -0.3 is 5.73 Å². The predicted octanol–water partition coefficient (Wildman–Crippen LogP) is 0.831. The molecule has 0 aromatic carbocycles. The largest absolute Gasteiger partial charge is 0.359 e. The van der Waals surface area contributed by atoms with Crippen LogP contribution in [0.4, 0.5) is 0 Å². The van der Waals surface area contributed by atoms with Crippen LogP contribution in [0.5, 0.6) is 0 Å². The van der Waals surface area contributed by atoms with Crippen molar-refractivity contribution in [3.63, 3.8) is 0 Å². The number of carbonyl (C=O) groups excluding carboxylic acids is 1. The molecule has 0 rings (SSSR count). The van der Waals surface area contributed by atoms with E-state index in [2.05, 4.69) is 18.8 Å². The molecule has 0 aliphatic rings. The van der Waals surface area contributed by atoms with Crippen LogP contribution in [0.1, 0.15) is 19.8 Å². The maximum absolute atomic E-state index is 10.0. The summed E-state index contributed by atoms with van der Waals surface area (Å²) in [5.74, 6) is 4.14. The van der Waals surface area contributed by atoms with Crippen LogP contribution in [0.2, 0.25) is 0 Å². The number of carbonyl (C=O) groups is 1. The Morgan fingerprint density at radius 3 is 2.90 bits per heavy atom. The summed E-state index contributed by atoms with van der Waals surface area (Å²) in [5.41, 5.74) is 4.76. The SMILES string of the molecule is CCCC=CC#CC(N)=O. The lowest BCUT2D eigenvalue weighted by molar-refractivity contribution is -0.112. The molecule has 0 saturated carbocycles. The van der Waals surface area contributed by atoms with E-state index in [-0.39, 0.29) is 0 Å². The minimum Gasteiger partial charge on any atom is -0.359 e. The monoisotopic (exact) mass is 137 g/mol. The Labute approximate surface area is 61.1 Å². The van der Waals surface area contributed by atoms with Gasteiger partial charge in [-0.2, -0.15) is 0 Å². The van der Waals surface area contributed by atoms with Crippen LogP contribution in [0, 0.1) is 11.8 Å². The van der Waals surface area contributed by atoms with Crippen LogP contribution in [0.3, 0.4) is 0 Å². The van der Waals surface area contributed by atoms with Crippen LogP contribution in [0.25, 0.3) is 0 Å². The number of primary amides is 1. The Morgan fingerprint density at radius 2 is 2.40 bits per heavy atom. The lowest BCUT2D eigenvalue weighted by Gasteiger charge is -1.77. The molecule has 54 valence electrons. The quantitative estimate of drug-likeness (QED) is 0.563. The van der Waals surface area contributed by atoms with E-state index in [1.807, 2.05) is 6.08 Å². The van der Waals surface area contributed by atoms with Gasteiger partial charge in [0.1, 0.15) is 0 Å². The Morgan fingerprint density at radius 1 is 1.70 bits per heavy atom. The number of hydrogen-bond acceptors (Lipinski definition) is 1. The van der Waals surface area contributed by atoms with E-state index in [0.717, 1.165) is 12.8 Å². The summed E-state index contributed by atoms with van der Waals surface area (Å²) in [4.78, 5) is 10.0. The fraction of sp³-hybridized carbons (Fsp3) is 0.375. The topological polar surface area (TPSA) is 43.1 Å². The van der Waals surface area contributed by atoms with E-state index in [9.17, 15) is 4.79 Å². The van der Waals surface area contributed by atoms with Crippen molar-refractivity contribution < 1.29 is 4.79 Å². The predicted molar refractivity (Wildman–Crippen MR) is 41.0 cm³/mol. The summed E-state index contributed by atoms with van der Waals surface area (Å²) in [6.45, 7) is 2.08. The lowest BCUT2D eigenvalue weighted by atomic mass is 10.3. The van der Waals surface area contributed by atoms with E-state index >= 15 is 0 Å². The van der Waals surface area contributed by atoms with Crippen LogP contribution < -0.4 is 5.73 Å². The molecule has 0 aliphatic heterocycles. The smallest absolute Gasteiger partial charge is 0.293 e. The second-order valence-corrected chi connectivity index (χ2v) is 1.82. The number of unbranched alkanes of at least 4 members (excludes halogenated alkanes) is 1. The summed E-state index contributed by atoms with van der Waals surface area (Å²) in [5, 5.41) is 0. The highest BCUT2D eigenvalue weighted by Gasteiger charge is 1.75. The van der Waals surface area contributed by atoms with Gasteiger partial charge >= 0.3 is 0 Å². The molecular formula is C8H11NO. The maximum Gasteiger partial charge on any atom is 0.293 e. The zero-order valence-corrected chi connectivity index (χ0v) is 6.05. The average Bonchev–Trinajstić information content (AvgIpc) is 1.87. The van der Waals surface area contributed by atoms with E-state index in [1.165, 1.54) is 0 Å². The third kappa shape index (κ3) is 6.77. The summed E-state index contributed by atoms with van der Waals surface area (Å²) in [7, 11) is 0. The molecule has 1 amide bonds. The van der Waals surface area contributed by atoms with Crippen molar-refractivity contribution in [2.75, 3.05) is 0 Å². The minimum atomic E-state index is -0.582. The van der Waals surface area contributed by atoms with E-state index in [1.54, 1.807) is 6.08 Å². The van der Waals surface area contributed by atoms with E-state index in [4.69, 9.17) is 5.73 Å². The number of hydrogen-bond donors (Lipinski definition) is 1. The van der Waals surface area contributed by atoms with Gasteiger partial charge in [0, 0.05) is 0 Å². The highest BCUT2D eigenvalue weighted by molar-refractivity contribution is 5.92. The molecule has 2 N–H and O–H groups in total. The molecule has 0 spiro atoms. The van der Waals surface area contributed by atoms with Gasteiger partial charge in [-0.15, -0.1) is 0 Å². The second-order valence-electron chi connectivity index (χ2n) is 1.82. The van der Waals surface area contributed by atoms with Crippen molar-refractivity contribution in [2.24, 2.45) is 5.73 Å². The fourth-order valence-electron chi connectivity index (χ4n) is 0.422. The molecule has 2 heteroatoms. The molecule has 0 heterocycles. The van der Waals surface area contributed by atoms with Crippen LogP contribution >= 0.6 is 0 Å². The molecular weight excluding hydrogens is 126 g/mol. The van der Waals surface area contributed by atoms with Crippen molar-refractivity contribution in [3.05, 3.63) is 12.2 Å². The third-order valence-corrected chi connectivity index (χ3v) is 0.852. The van der Waals surface area contributed by atoms with Crippen molar-refractivity contribution in [1.82, 2.24) is 0 Å². The molecule has 0 fully saturated rings. The second kappa shape index (κ2) is 5.90. The number of allylic oxidation sites excluding steroid dienone is 2. The highest BCUT2D eigenvalue weighted by Crippen LogP contribution is 1.86. The first-order valence-corrected chi connectivity index (χ1v) is 3.23. The standard InChI is InChI=1S/C8H11NO/c1-2-3-4-5-6-7-8(9)10/h4-5H,2-3H2,1H3,(H2,9,10). The summed E-state index contributed by atoms with van der Waals surface area (Å²) in [6.07, 6.45) is 5.65. The van der Waals surface area contributed by atoms with Gasteiger partial charge in [0.2, 0.25) is 0 Å². The Hall–Kier alpha value is -1.23. The molecule has 0 bridgehead atoms. The van der Waals surface area contributed by atoms with Crippen molar-refractivity contribution in [2.45, 2.75) is 19.8 Å². The maximum atomic E-state index is 10.0. The summed E-state index contributed by atoms with van der Waals surface area (Å²) >= 11 is 0. The van der Waals surface area contributed by atoms with Crippen molar-refractivity contribution in [3.8, 4) is 11.8 Å². The number of nitrogens with two attached hydrogens (primary N) is 1. The fourth-order valence-corrected chi connectivity index (χ4v) is 0.422. The molecule has 0 atom stereocenters. The summed E-state index contributed by atoms with van der Waals surface area (Å²) in [6, 6.07) is 0. The van der Waals surface area contributed by atoms with Crippen molar-refractivity contribution in [1.29, 1.82) is 0 Å². The molecule has 0 aliphatic carbocycles. The Bertz CT molecular complexity index is 183. The van der Waals surface area contributed by atoms with Crippen molar-refractivity contribution >= 4 is 5.91 Å². The average molecular weight is 137 g/mol. The van der Waals surface area contributed by atoms with E-state index < -0.39 is 5.91 Å². The van der Waals surface area contributed by atoms with E-state index in [0.29, 0.717) is 0 Å². The molecule has 0 aromatic heterocycles. The van der Waals surface area contributed by atoms with Gasteiger partial charge in [-0.1, -0.05) is 25.3 Å². The van der Waals surface area contributed by atoms with Gasteiger partial charge in [-0.25, -0.2) is 0 Å². The normalized spacial score (nSPS) is 8.90. The zero-order valence-electron chi connectivity index (χ0n) is 6.05. The van der Waals surface area contributed by atoms with Crippen LogP contribution in [-0.2, 0) is 4.79 Å². The highest BCUT2D eigenvalue weighted by atomic mass is 16.1. The molecule has 0 unspecified atom stereocenters. The van der Waals surface area contributed by atoms with Gasteiger partial charge in [0.05, 0.1) is 0 Å². The molecule has 10 heavy (non-hydrogen) atoms. The van der Waals surface area contributed by atoms with Gasteiger partial charge in [0.25, 0.3) is 5.91 Å². The Balaban J connectivity index is 3.54. The Kier molecular flexibility index (Phi) is 5.17. The number of amides is 1. The van der Waals surface area contributed by atoms with Gasteiger partial charge in [-0.3, -0.25) is 4.79 Å².